The molecule has 0 radical (unpaired) electrons. The molecule has 0 bridgehead atoms. The summed E-state index contributed by atoms with van der Waals surface area (Å²) in [4.78, 5) is 5.94. The predicted octanol–water partition coefficient (Wildman–Crippen LogP) is 2.21. The van der Waals surface area contributed by atoms with Crippen LogP contribution in [0.15, 0.2) is 12.3 Å². The Morgan fingerprint density at radius 3 is 2.79 bits per heavy atom. The minimum absolute atomic E-state index is 0.00503. The Bertz CT molecular complexity index is 455. The summed E-state index contributed by atoms with van der Waals surface area (Å²) in [6, 6.07) is 1.40. The third-order valence-corrected chi connectivity index (χ3v) is 3.00. The van der Waals surface area contributed by atoms with Gasteiger partial charge in [0.15, 0.2) is 6.61 Å². The maximum absolute atomic E-state index is 12.0. The molecule has 8 heteroatoms. The van der Waals surface area contributed by atoms with Crippen LogP contribution in [-0.2, 0) is 0 Å². The van der Waals surface area contributed by atoms with Crippen LogP contribution in [0.25, 0.3) is 0 Å². The molecule has 1 aliphatic heterocycles. The lowest BCUT2D eigenvalue weighted by Crippen LogP contribution is -2.27. The number of hydrogen-bond donors (Lipinski definition) is 1. The van der Waals surface area contributed by atoms with Crippen LogP contribution in [0.3, 0.4) is 0 Å². The third-order valence-electron chi connectivity index (χ3n) is 2.72. The molecular weight excluding hydrogens is 283 g/mol. The fourth-order valence-corrected chi connectivity index (χ4v) is 2.15. The van der Waals surface area contributed by atoms with Crippen LogP contribution in [-0.4, -0.2) is 36.9 Å². The van der Waals surface area contributed by atoms with Gasteiger partial charge in [-0.15, -0.1) is 0 Å². The van der Waals surface area contributed by atoms with Crippen molar-refractivity contribution in [2.24, 2.45) is 5.73 Å². The van der Waals surface area contributed by atoms with Crippen molar-refractivity contribution in [3.8, 4) is 5.75 Å². The van der Waals surface area contributed by atoms with E-state index in [1.165, 1.54) is 12.3 Å². The van der Waals surface area contributed by atoms with E-state index in [0.29, 0.717) is 12.4 Å². The number of alkyl halides is 3. The van der Waals surface area contributed by atoms with Gasteiger partial charge in [-0.25, -0.2) is 4.98 Å². The Morgan fingerprint density at radius 1 is 1.53 bits per heavy atom. The van der Waals surface area contributed by atoms with Crippen LogP contribution in [0.1, 0.15) is 6.42 Å². The standard InChI is InChI=1S/C11H13ClF3N3O/c12-9-3-8(19-6-11(13,14)15)4-17-10(9)18-2-1-7(16)5-18/h3-4,7H,1-2,5-6,16H2. The van der Waals surface area contributed by atoms with Gasteiger partial charge in [0, 0.05) is 25.2 Å². The zero-order valence-corrected chi connectivity index (χ0v) is 10.7. The van der Waals surface area contributed by atoms with Crippen molar-refractivity contribution >= 4 is 17.4 Å². The summed E-state index contributed by atoms with van der Waals surface area (Å²) in [6.07, 6.45) is -2.31. The molecule has 1 saturated heterocycles. The van der Waals surface area contributed by atoms with Crippen LogP contribution in [0.5, 0.6) is 5.75 Å². The molecule has 2 heterocycles. The monoisotopic (exact) mass is 295 g/mol. The molecule has 1 aliphatic rings. The minimum Gasteiger partial charge on any atom is -0.482 e. The van der Waals surface area contributed by atoms with Crippen molar-refractivity contribution < 1.29 is 17.9 Å². The summed E-state index contributed by atoms with van der Waals surface area (Å²) >= 11 is 6.00. The van der Waals surface area contributed by atoms with Crippen LogP contribution < -0.4 is 15.4 Å². The number of nitrogens with two attached hydrogens (primary N) is 1. The number of halogens is 4. The van der Waals surface area contributed by atoms with Gasteiger partial charge in [-0.3, -0.25) is 0 Å². The molecule has 0 aromatic carbocycles. The average Bonchev–Trinajstić information content (AvgIpc) is 2.72. The summed E-state index contributed by atoms with van der Waals surface area (Å²) in [5, 5.41) is 0.258. The smallest absolute Gasteiger partial charge is 0.422 e. The van der Waals surface area contributed by atoms with Gasteiger partial charge in [-0.1, -0.05) is 11.6 Å². The first kappa shape index (κ1) is 14.2. The van der Waals surface area contributed by atoms with Crippen molar-refractivity contribution in [3.63, 3.8) is 0 Å². The van der Waals surface area contributed by atoms with E-state index in [4.69, 9.17) is 17.3 Å². The zero-order chi connectivity index (χ0) is 14.0. The highest BCUT2D eigenvalue weighted by Crippen LogP contribution is 2.29. The van der Waals surface area contributed by atoms with Crippen molar-refractivity contribution in [1.29, 1.82) is 0 Å². The second-order valence-electron chi connectivity index (χ2n) is 4.38. The average molecular weight is 296 g/mol. The molecule has 2 rings (SSSR count). The first-order chi connectivity index (χ1) is 8.85. The minimum atomic E-state index is -4.38. The maximum Gasteiger partial charge on any atom is 0.422 e. The molecule has 1 aromatic heterocycles. The third kappa shape index (κ3) is 3.87. The van der Waals surface area contributed by atoms with E-state index >= 15 is 0 Å². The first-order valence-electron chi connectivity index (χ1n) is 5.71. The Morgan fingerprint density at radius 2 is 2.26 bits per heavy atom. The number of anilines is 1. The molecular formula is C11H13ClF3N3O. The number of nitrogens with zero attached hydrogens (tertiary/aromatic N) is 2. The number of rotatable bonds is 3. The molecule has 19 heavy (non-hydrogen) atoms. The van der Waals surface area contributed by atoms with Crippen LogP contribution >= 0.6 is 11.6 Å². The SMILES string of the molecule is NC1CCN(c2ncc(OCC(F)(F)F)cc2Cl)C1. The van der Waals surface area contributed by atoms with E-state index in [0.717, 1.165) is 13.0 Å². The molecule has 0 spiro atoms. The summed E-state index contributed by atoms with van der Waals surface area (Å²) in [5.41, 5.74) is 5.78. The van der Waals surface area contributed by atoms with Crippen LogP contribution in [0.4, 0.5) is 19.0 Å². The Hall–Kier alpha value is -1.21. The van der Waals surface area contributed by atoms with Crippen molar-refractivity contribution in [2.75, 3.05) is 24.6 Å². The van der Waals surface area contributed by atoms with E-state index in [1.807, 2.05) is 4.90 Å². The first-order valence-corrected chi connectivity index (χ1v) is 6.08. The second kappa shape index (κ2) is 5.42. The Labute approximate surface area is 113 Å². The molecule has 4 nitrogen and oxygen atoms in total. The van der Waals surface area contributed by atoms with Crippen molar-refractivity contribution in [1.82, 2.24) is 4.98 Å². The van der Waals surface area contributed by atoms with Gasteiger partial charge >= 0.3 is 6.18 Å². The maximum atomic E-state index is 12.0. The normalized spacial score (nSPS) is 19.8. The molecule has 2 N–H and O–H groups in total. The van der Waals surface area contributed by atoms with Gasteiger partial charge in [0.1, 0.15) is 11.6 Å². The van der Waals surface area contributed by atoms with Gasteiger partial charge in [0.2, 0.25) is 0 Å². The highest BCUT2D eigenvalue weighted by atomic mass is 35.5. The summed E-state index contributed by atoms with van der Waals surface area (Å²) in [5.74, 6) is 0.517. The fourth-order valence-electron chi connectivity index (χ4n) is 1.87. The largest absolute Gasteiger partial charge is 0.482 e. The van der Waals surface area contributed by atoms with E-state index in [-0.39, 0.29) is 16.8 Å². The number of pyridine rings is 1. The number of hydrogen-bond acceptors (Lipinski definition) is 4. The summed E-state index contributed by atoms with van der Waals surface area (Å²) < 4.78 is 40.6. The van der Waals surface area contributed by atoms with Gasteiger partial charge in [0.25, 0.3) is 0 Å². The molecule has 0 aliphatic carbocycles. The van der Waals surface area contributed by atoms with E-state index < -0.39 is 12.8 Å². The molecule has 106 valence electrons. The van der Waals surface area contributed by atoms with E-state index in [1.54, 1.807) is 0 Å². The highest BCUT2D eigenvalue weighted by Gasteiger charge is 2.29. The quantitative estimate of drug-likeness (QED) is 0.929. The summed E-state index contributed by atoms with van der Waals surface area (Å²) in [7, 11) is 0. The van der Waals surface area contributed by atoms with Gasteiger partial charge in [-0.05, 0) is 6.42 Å². The fraction of sp³-hybridized carbons (Fsp3) is 0.545. The van der Waals surface area contributed by atoms with Gasteiger partial charge in [0.05, 0.1) is 11.2 Å². The molecule has 0 amide bonds. The van der Waals surface area contributed by atoms with Crippen molar-refractivity contribution in [3.05, 3.63) is 17.3 Å². The lowest BCUT2D eigenvalue weighted by molar-refractivity contribution is -0.153. The zero-order valence-electron chi connectivity index (χ0n) is 9.95. The van der Waals surface area contributed by atoms with Gasteiger partial charge in [-0.2, -0.15) is 13.2 Å². The predicted molar refractivity (Wildman–Crippen MR) is 65.6 cm³/mol. The lowest BCUT2D eigenvalue weighted by atomic mass is 10.3. The van der Waals surface area contributed by atoms with Crippen LogP contribution in [0.2, 0.25) is 5.02 Å². The second-order valence-corrected chi connectivity index (χ2v) is 4.78. The number of aromatic nitrogens is 1. The molecule has 1 atom stereocenters. The molecule has 1 fully saturated rings. The van der Waals surface area contributed by atoms with Crippen LogP contribution in [0, 0.1) is 0 Å². The molecule has 1 unspecified atom stereocenters. The number of ether oxygens (including phenoxy) is 1. The van der Waals surface area contributed by atoms with Crippen molar-refractivity contribution in [2.45, 2.75) is 18.6 Å². The highest BCUT2D eigenvalue weighted by molar-refractivity contribution is 6.33. The summed E-state index contributed by atoms with van der Waals surface area (Å²) in [6.45, 7) is 0.00502. The van der Waals surface area contributed by atoms with Gasteiger partial charge < -0.3 is 15.4 Å². The Kier molecular flexibility index (Phi) is 4.05. The molecule has 1 aromatic rings. The molecule has 0 saturated carbocycles. The van der Waals surface area contributed by atoms with E-state index in [9.17, 15) is 13.2 Å². The lowest BCUT2D eigenvalue weighted by Gasteiger charge is -2.18. The topological polar surface area (TPSA) is 51.4 Å². The Balaban J connectivity index is 2.05. The van der Waals surface area contributed by atoms with E-state index in [2.05, 4.69) is 9.72 Å².